The lowest BCUT2D eigenvalue weighted by atomic mass is 9.84. The van der Waals surface area contributed by atoms with Crippen molar-refractivity contribution < 1.29 is 4.74 Å². The molecule has 17 heavy (non-hydrogen) atoms. The third-order valence-electron chi connectivity index (χ3n) is 4.10. The molecule has 0 saturated carbocycles. The van der Waals surface area contributed by atoms with E-state index in [4.69, 9.17) is 4.74 Å². The highest BCUT2D eigenvalue weighted by Crippen LogP contribution is 2.24. The summed E-state index contributed by atoms with van der Waals surface area (Å²) in [6.07, 6.45) is 2.95. The molecule has 3 nitrogen and oxygen atoms in total. The first-order valence-electron chi connectivity index (χ1n) is 7.00. The molecular weight excluding hydrogens is 212 g/mol. The van der Waals surface area contributed by atoms with Gasteiger partial charge >= 0.3 is 0 Å². The van der Waals surface area contributed by atoms with Crippen LogP contribution in [0, 0.1) is 5.41 Å². The molecule has 0 bridgehead atoms. The maximum absolute atomic E-state index is 5.76. The smallest absolute Gasteiger partial charge is 0.0702 e. The Morgan fingerprint density at radius 1 is 1.47 bits per heavy atom. The molecule has 0 aromatic rings. The van der Waals surface area contributed by atoms with Gasteiger partial charge in [0, 0.05) is 25.7 Å². The highest BCUT2D eigenvalue weighted by molar-refractivity contribution is 4.85. The molecule has 1 aliphatic heterocycles. The quantitative estimate of drug-likeness (QED) is 0.772. The third-order valence-corrected chi connectivity index (χ3v) is 4.10. The fourth-order valence-electron chi connectivity index (χ4n) is 2.63. The molecule has 0 aliphatic carbocycles. The second-order valence-electron chi connectivity index (χ2n) is 5.95. The molecule has 0 amide bonds. The number of nitrogens with one attached hydrogen (secondary N) is 1. The van der Waals surface area contributed by atoms with Gasteiger partial charge in [-0.1, -0.05) is 13.8 Å². The molecule has 1 fully saturated rings. The van der Waals surface area contributed by atoms with Crippen LogP contribution in [-0.4, -0.2) is 50.3 Å². The van der Waals surface area contributed by atoms with Gasteiger partial charge in [-0.3, -0.25) is 0 Å². The summed E-state index contributed by atoms with van der Waals surface area (Å²) in [5, 5.41) is 3.37. The van der Waals surface area contributed by atoms with Crippen LogP contribution in [0.3, 0.4) is 0 Å². The molecule has 2 atom stereocenters. The fourth-order valence-corrected chi connectivity index (χ4v) is 2.63. The van der Waals surface area contributed by atoms with Gasteiger partial charge in [0.05, 0.1) is 6.10 Å². The monoisotopic (exact) mass is 242 g/mol. The zero-order valence-corrected chi connectivity index (χ0v) is 12.3. The molecule has 0 aromatic heterocycles. The molecular formula is C14H30N2O. The Hall–Kier alpha value is -0.120. The number of piperidine rings is 1. The van der Waals surface area contributed by atoms with Gasteiger partial charge in [-0.2, -0.15) is 0 Å². The van der Waals surface area contributed by atoms with Gasteiger partial charge in [0.15, 0.2) is 0 Å². The minimum Gasteiger partial charge on any atom is -0.377 e. The van der Waals surface area contributed by atoms with E-state index in [0.29, 0.717) is 17.6 Å². The van der Waals surface area contributed by atoms with Crippen molar-refractivity contribution in [2.24, 2.45) is 5.41 Å². The Balaban J connectivity index is 2.45. The summed E-state index contributed by atoms with van der Waals surface area (Å²) in [6, 6.07) is 0.537. The molecule has 1 rings (SSSR count). The van der Waals surface area contributed by atoms with Crippen LogP contribution in [0.15, 0.2) is 0 Å². The zero-order chi connectivity index (χ0) is 12.9. The van der Waals surface area contributed by atoms with E-state index in [-0.39, 0.29) is 0 Å². The number of ether oxygens (including phenoxy) is 1. The van der Waals surface area contributed by atoms with Gasteiger partial charge in [0.25, 0.3) is 0 Å². The second kappa shape index (κ2) is 6.72. The van der Waals surface area contributed by atoms with E-state index in [2.05, 4.69) is 37.9 Å². The van der Waals surface area contributed by atoms with Crippen molar-refractivity contribution in [3.05, 3.63) is 0 Å². The number of hydrogen-bond donors (Lipinski definition) is 1. The van der Waals surface area contributed by atoms with Crippen molar-refractivity contribution in [1.29, 1.82) is 0 Å². The molecule has 0 spiro atoms. The van der Waals surface area contributed by atoms with Gasteiger partial charge in [-0.05, 0) is 45.7 Å². The van der Waals surface area contributed by atoms with Gasteiger partial charge in [-0.25, -0.2) is 0 Å². The molecule has 0 radical (unpaired) electrons. The van der Waals surface area contributed by atoms with Crippen LogP contribution in [0.4, 0.5) is 0 Å². The Labute approximate surface area is 107 Å². The molecule has 2 unspecified atom stereocenters. The van der Waals surface area contributed by atoms with Gasteiger partial charge < -0.3 is 15.0 Å². The maximum Gasteiger partial charge on any atom is 0.0702 e. The highest BCUT2D eigenvalue weighted by atomic mass is 16.5. The predicted octanol–water partition coefficient (Wildman–Crippen LogP) is 2.12. The average Bonchev–Trinajstić information content (AvgIpc) is 2.28. The van der Waals surface area contributed by atoms with Gasteiger partial charge in [0.2, 0.25) is 0 Å². The minimum atomic E-state index is 0.308. The lowest BCUT2D eigenvalue weighted by Gasteiger charge is -2.40. The van der Waals surface area contributed by atoms with Crippen LogP contribution in [0.1, 0.15) is 40.5 Å². The van der Waals surface area contributed by atoms with Crippen LogP contribution in [0.5, 0.6) is 0 Å². The van der Waals surface area contributed by atoms with E-state index < -0.39 is 0 Å². The second-order valence-corrected chi connectivity index (χ2v) is 5.95. The summed E-state index contributed by atoms with van der Waals surface area (Å²) in [7, 11) is 2.05. The van der Waals surface area contributed by atoms with Crippen LogP contribution >= 0.6 is 0 Å². The average molecular weight is 242 g/mol. The summed E-state index contributed by atoms with van der Waals surface area (Å²) in [5.74, 6) is 0. The van der Waals surface area contributed by atoms with Crippen molar-refractivity contribution in [2.75, 3.05) is 33.3 Å². The zero-order valence-electron chi connectivity index (χ0n) is 12.3. The van der Waals surface area contributed by atoms with E-state index in [1.165, 1.54) is 19.4 Å². The van der Waals surface area contributed by atoms with E-state index in [0.717, 1.165) is 19.7 Å². The Morgan fingerprint density at radius 3 is 2.76 bits per heavy atom. The van der Waals surface area contributed by atoms with Crippen molar-refractivity contribution in [2.45, 2.75) is 52.7 Å². The minimum absolute atomic E-state index is 0.308. The number of likely N-dealkylation sites (tertiary alicyclic amines) is 1. The van der Waals surface area contributed by atoms with E-state index in [1.807, 2.05) is 7.05 Å². The maximum atomic E-state index is 5.76. The first-order valence-corrected chi connectivity index (χ1v) is 7.00. The van der Waals surface area contributed by atoms with Crippen LogP contribution < -0.4 is 5.32 Å². The lowest BCUT2D eigenvalue weighted by molar-refractivity contribution is -0.00636. The van der Waals surface area contributed by atoms with Crippen LogP contribution in [0.25, 0.3) is 0 Å². The number of nitrogens with zero attached hydrogens (tertiary/aromatic N) is 1. The highest BCUT2D eigenvalue weighted by Gasteiger charge is 2.29. The predicted molar refractivity (Wildman–Crippen MR) is 73.4 cm³/mol. The summed E-state index contributed by atoms with van der Waals surface area (Å²) in [4.78, 5) is 2.57. The molecule has 3 heteroatoms. The first-order chi connectivity index (χ1) is 7.99. The summed E-state index contributed by atoms with van der Waals surface area (Å²) >= 11 is 0. The topological polar surface area (TPSA) is 24.5 Å². The van der Waals surface area contributed by atoms with Gasteiger partial charge in [0.1, 0.15) is 0 Å². The lowest BCUT2D eigenvalue weighted by Crippen LogP contribution is -2.49. The molecule has 0 aromatic carbocycles. The Bertz CT molecular complexity index is 216. The fraction of sp³-hybridized carbons (Fsp3) is 1.00. The van der Waals surface area contributed by atoms with Crippen molar-refractivity contribution in [3.63, 3.8) is 0 Å². The molecule has 1 heterocycles. The van der Waals surface area contributed by atoms with E-state index in [9.17, 15) is 0 Å². The Kier molecular flexibility index (Phi) is 5.90. The van der Waals surface area contributed by atoms with Crippen molar-refractivity contribution in [1.82, 2.24) is 10.2 Å². The molecule has 102 valence electrons. The SMILES string of the molecule is CCOC1CCCN(CC(C)(C)C(C)NC)C1. The standard InChI is InChI=1S/C14H30N2O/c1-6-17-13-8-7-9-16(10-13)11-14(3,4)12(2)15-5/h12-13,15H,6-11H2,1-5H3. The third kappa shape index (κ3) is 4.57. The van der Waals surface area contributed by atoms with Crippen LogP contribution in [-0.2, 0) is 4.74 Å². The van der Waals surface area contributed by atoms with E-state index >= 15 is 0 Å². The van der Waals surface area contributed by atoms with Gasteiger partial charge in [-0.15, -0.1) is 0 Å². The van der Waals surface area contributed by atoms with Crippen molar-refractivity contribution >= 4 is 0 Å². The molecule has 1 saturated heterocycles. The molecule has 1 aliphatic rings. The largest absolute Gasteiger partial charge is 0.377 e. The molecule has 1 N–H and O–H groups in total. The first kappa shape index (κ1) is 14.9. The Morgan fingerprint density at radius 2 is 2.18 bits per heavy atom. The summed E-state index contributed by atoms with van der Waals surface area (Å²) in [5.41, 5.74) is 0.308. The summed E-state index contributed by atoms with van der Waals surface area (Å²) in [6.45, 7) is 13.4. The van der Waals surface area contributed by atoms with E-state index in [1.54, 1.807) is 0 Å². The summed E-state index contributed by atoms with van der Waals surface area (Å²) < 4.78 is 5.76. The van der Waals surface area contributed by atoms with Crippen molar-refractivity contribution in [3.8, 4) is 0 Å². The number of rotatable bonds is 6. The van der Waals surface area contributed by atoms with Crippen LogP contribution in [0.2, 0.25) is 0 Å². The normalized spacial score (nSPS) is 24.9. The number of hydrogen-bond acceptors (Lipinski definition) is 3.